The van der Waals surface area contributed by atoms with E-state index < -0.39 is 0 Å². The van der Waals surface area contributed by atoms with Crippen molar-refractivity contribution in [1.82, 2.24) is 0 Å². The summed E-state index contributed by atoms with van der Waals surface area (Å²) in [6.07, 6.45) is 0. The number of hydrogen-bond acceptors (Lipinski definition) is 0. The van der Waals surface area contributed by atoms with Crippen molar-refractivity contribution in [3.63, 3.8) is 0 Å². The third kappa shape index (κ3) is 9.36. The average Bonchev–Trinajstić information content (AvgIpc) is 0. The van der Waals surface area contributed by atoms with Gasteiger partial charge in [0, 0.05) is 34.1 Å². The van der Waals surface area contributed by atoms with Crippen molar-refractivity contribution in [3.8, 4) is 0 Å². The molecule has 31 valence electrons. The standard InChI is InChI=1S/Fe.Mn.H3P.H4Si/h;;1H3;1H4. The van der Waals surface area contributed by atoms with E-state index in [4.69, 9.17) is 0 Å². The van der Waals surface area contributed by atoms with Crippen molar-refractivity contribution in [2.24, 2.45) is 0 Å². The van der Waals surface area contributed by atoms with Crippen LogP contribution in [0.4, 0.5) is 0 Å². The summed E-state index contributed by atoms with van der Waals surface area (Å²) in [6.45, 7) is 0. The van der Waals surface area contributed by atoms with Crippen LogP contribution in [-0.2, 0) is 34.1 Å². The van der Waals surface area contributed by atoms with Gasteiger partial charge in [0.05, 0.1) is 0 Å². The van der Waals surface area contributed by atoms with Crippen molar-refractivity contribution < 1.29 is 34.1 Å². The van der Waals surface area contributed by atoms with Crippen LogP contribution in [0.3, 0.4) is 0 Å². The van der Waals surface area contributed by atoms with Gasteiger partial charge in [-0.15, -0.1) is 0 Å². The van der Waals surface area contributed by atoms with Crippen molar-refractivity contribution in [2.45, 2.75) is 0 Å². The van der Waals surface area contributed by atoms with Gasteiger partial charge in [-0.3, -0.25) is 0 Å². The van der Waals surface area contributed by atoms with Gasteiger partial charge in [0.1, 0.15) is 0 Å². The van der Waals surface area contributed by atoms with Gasteiger partial charge < -0.3 is 0 Å². The SMILES string of the molecule is P.[Fe].[Mn].[SiH4]. The average molecular weight is 177 g/mol. The molecule has 0 spiro atoms. The molecular weight excluding hydrogens is 170 g/mol. The molecule has 0 saturated heterocycles. The van der Waals surface area contributed by atoms with Gasteiger partial charge in [-0.05, 0) is 11.0 Å². The van der Waals surface area contributed by atoms with Crippen LogP contribution in [0.15, 0.2) is 0 Å². The van der Waals surface area contributed by atoms with Gasteiger partial charge in [-0.25, -0.2) is 0 Å². The molecule has 4 heavy (non-hydrogen) atoms. The molecule has 0 saturated carbocycles. The molecule has 1 atom stereocenters. The molecule has 4 heteroatoms. The minimum absolute atomic E-state index is 0. The van der Waals surface area contributed by atoms with E-state index >= 15 is 0 Å². The van der Waals surface area contributed by atoms with Crippen molar-refractivity contribution in [3.05, 3.63) is 0 Å². The molecule has 0 heterocycles. The summed E-state index contributed by atoms with van der Waals surface area (Å²) >= 11 is 0. The molecule has 0 bridgehead atoms. The molecule has 0 aliphatic rings. The first-order valence-electron chi connectivity index (χ1n) is 0. The van der Waals surface area contributed by atoms with Crippen LogP contribution in [0.1, 0.15) is 0 Å². The summed E-state index contributed by atoms with van der Waals surface area (Å²) in [6, 6.07) is 0. The Morgan fingerprint density at radius 2 is 1.00 bits per heavy atom. The van der Waals surface area contributed by atoms with E-state index in [2.05, 4.69) is 0 Å². The Morgan fingerprint density at radius 1 is 1.00 bits per heavy atom. The fraction of sp³-hybridized carbons (Fsp3) is 0. The molecule has 0 fully saturated rings. The maximum absolute atomic E-state index is 0. The van der Waals surface area contributed by atoms with E-state index in [1.165, 1.54) is 0 Å². The molecular formula is H7FeMnPSi. The van der Waals surface area contributed by atoms with E-state index in [1.807, 2.05) is 0 Å². The van der Waals surface area contributed by atoms with Gasteiger partial charge in [0.15, 0.2) is 0 Å². The molecule has 0 aromatic rings. The minimum Gasteiger partial charge on any atom is -0.153 e. The second kappa shape index (κ2) is 22.4. The van der Waals surface area contributed by atoms with Gasteiger partial charge in [-0.2, -0.15) is 9.90 Å². The van der Waals surface area contributed by atoms with Crippen LogP contribution in [0.2, 0.25) is 0 Å². The first kappa shape index (κ1) is 43.9. The third-order valence-electron chi connectivity index (χ3n) is 0. The Kier molecular flexibility index (Phi) is 246. The van der Waals surface area contributed by atoms with Gasteiger partial charge >= 0.3 is 0 Å². The molecule has 1 radical (unpaired) electrons. The quantitative estimate of drug-likeness (QED) is 0.315. The largest absolute Gasteiger partial charge is 0.153 e. The molecule has 0 rings (SSSR count). The van der Waals surface area contributed by atoms with E-state index in [0.717, 1.165) is 0 Å². The zero-order valence-corrected chi connectivity index (χ0v) is 5.14. The van der Waals surface area contributed by atoms with Crippen LogP contribution >= 0.6 is 9.90 Å². The van der Waals surface area contributed by atoms with E-state index in [-0.39, 0.29) is 55.0 Å². The Morgan fingerprint density at radius 3 is 1.00 bits per heavy atom. The van der Waals surface area contributed by atoms with Crippen molar-refractivity contribution >= 4 is 20.9 Å². The van der Waals surface area contributed by atoms with E-state index in [0.29, 0.717) is 0 Å². The topological polar surface area (TPSA) is 0 Å². The predicted molar refractivity (Wildman–Crippen MR) is 22.4 cm³/mol. The fourth-order valence-corrected chi connectivity index (χ4v) is 0. The Balaban J connectivity index is 0. The van der Waals surface area contributed by atoms with Gasteiger partial charge in [0.2, 0.25) is 0 Å². The summed E-state index contributed by atoms with van der Waals surface area (Å²) in [4.78, 5) is 0. The molecule has 0 amide bonds. The maximum Gasteiger partial charge on any atom is 0 e. The smallest absolute Gasteiger partial charge is 0 e. The van der Waals surface area contributed by atoms with Crippen molar-refractivity contribution in [2.75, 3.05) is 0 Å². The molecule has 1 unspecified atom stereocenters. The second-order valence-electron chi connectivity index (χ2n) is 0. The second-order valence-corrected chi connectivity index (χ2v) is 0. The van der Waals surface area contributed by atoms with Crippen LogP contribution < -0.4 is 0 Å². The van der Waals surface area contributed by atoms with Crippen molar-refractivity contribution in [1.29, 1.82) is 0 Å². The monoisotopic (exact) mass is 177 g/mol. The summed E-state index contributed by atoms with van der Waals surface area (Å²) in [5.74, 6) is 0. The first-order valence-corrected chi connectivity index (χ1v) is 0. The predicted octanol–water partition coefficient (Wildman–Crippen LogP) is -1.40. The van der Waals surface area contributed by atoms with Gasteiger partial charge in [0.25, 0.3) is 0 Å². The van der Waals surface area contributed by atoms with Crippen LogP contribution in [0, 0.1) is 0 Å². The summed E-state index contributed by atoms with van der Waals surface area (Å²) in [7, 11) is 0. The molecule has 0 aliphatic carbocycles. The summed E-state index contributed by atoms with van der Waals surface area (Å²) in [5.41, 5.74) is 0. The van der Waals surface area contributed by atoms with Crippen LogP contribution in [0.25, 0.3) is 0 Å². The molecule has 0 N–H and O–H groups in total. The minimum atomic E-state index is 0. The van der Waals surface area contributed by atoms with Crippen LogP contribution in [-0.4, -0.2) is 11.0 Å². The molecule has 0 aromatic heterocycles. The number of rotatable bonds is 0. The first-order chi connectivity index (χ1) is 0. The summed E-state index contributed by atoms with van der Waals surface area (Å²) < 4.78 is 0. The van der Waals surface area contributed by atoms with Gasteiger partial charge in [-0.1, -0.05) is 0 Å². The molecule has 0 aromatic carbocycles. The van der Waals surface area contributed by atoms with E-state index in [9.17, 15) is 0 Å². The van der Waals surface area contributed by atoms with E-state index in [1.54, 1.807) is 0 Å². The Bertz CT molecular complexity index is 8.00. The maximum atomic E-state index is 0. The molecule has 0 aliphatic heterocycles. The normalized spacial score (nSPS) is 0. The Labute approximate surface area is 55.1 Å². The fourth-order valence-electron chi connectivity index (χ4n) is 0. The Hall–Kier alpha value is 1.69. The zero-order valence-electron chi connectivity index (χ0n) is 1.44. The molecule has 0 nitrogen and oxygen atoms in total. The third-order valence-corrected chi connectivity index (χ3v) is 0. The summed E-state index contributed by atoms with van der Waals surface area (Å²) in [5, 5.41) is 0. The number of hydrogen-bond donors (Lipinski definition) is 0. The van der Waals surface area contributed by atoms with Crippen LogP contribution in [0.5, 0.6) is 0 Å². The zero-order chi connectivity index (χ0) is 0.